The molecule has 6 nitrogen and oxygen atoms in total. The second-order valence-electron chi connectivity index (χ2n) is 5.45. The summed E-state index contributed by atoms with van der Waals surface area (Å²) < 4.78 is 25.0. The zero-order chi connectivity index (χ0) is 15.5. The maximum absolute atomic E-state index is 12.5. The Morgan fingerprint density at radius 1 is 1.24 bits per heavy atom. The normalized spacial score (nSPS) is 18.3. The number of para-hydroxylation sites is 1. The molecule has 1 aliphatic heterocycles. The number of rotatable bonds is 5. The zero-order valence-electron chi connectivity index (χ0n) is 12.1. The second kappa shape index (κ2) is 6.53. The van der Waals surface area contributed by atoms with E-state index in [1.165, 1.54) is 30.7 Å². The predicted molar refractivity (Wildman–Crippen MR) is 80.0 cm³/mol. The lowest BCUT2D eigenvalue weighted by molar-refractivity contribution is -0.387. The van der Waals surface area contributed by atoms with E-state index in [1.807, 2.05) is 6.92 Å². The third kappa shape index (κ3) is 3.79. The third-order valence-corrected chi connectivity index (χ3v) is 5.81. The maximum atomic E-state index is 12.5. The van der Waals surface area contributed by atoms with Gasteiger partial charge in [-0.2, -0.15) is 0 Å². The Hall–Kier alpha value is -1.47. The van der Waals surface area contributed by atoms with E-state index in [1.54, 1.807) is 0 Å². The summed E-state index contributed by atoms with van der Waals surface area (Å²) in [7, 11) is -3.67. The van der Waals surface area contributed by atoms with Crippen molar-refractivity contribution in [2.75, 3.05) is 18.8 Å². The summed E-state index contributed by atoms with van der Waals surface area (Å²) in [5, 5.41) is 11.0. The van der Waals surface area contributed by atoms with E-state index in [2.05, 4.69) is 4.90 Å². The van der Waals surface area contributed by atoms with Crippen molar-refractivity contribution in [3.8, 4) is 0 Å². The highest BCUT2D eigenvalue weighted by atomic mass is 32.2. The van der Waals surface area contributed by atoms with Crippen molar-refractivity contribution in [2.45, 2.75) is 37.1 Å². The molecule has 0 aliphatic carbocycles. The van der Waals surface area contributed by atoms with Gasteiger partial charge in [0.2, 0.25) is 0 Å². The molecule has 1 atom stereocenters. The zero-order valence-corrected chi connectivity index (χ0v) is 12.9. The number of nitro benzene ring substituents is 1. The predicted octanol–water partition coefficient (Wildman–Crippen LogP) is 2.24. The van der Waals surface area contributed by atoms with Crippen molar-refractivity contribution in [2.24, 2.45) is 0 Å². The minimum atomic E-state index is -3.67. The van der Waals surface area contributed by atoms with Crippen LogP contribution >= 0.6 is 0 Å². The van der Waals surface area contributed by atoms with Gasteiger partial charge in [0.05, 0.1) is 10.7 Å². The molecule has 0 radical (unpaired) electrons. The van der Waals surface area contributed by atoms with Crippen LogP contribution in [0.3, 0.4) is 0 Å². The van der Waals surface area contributed by atoms with Gasteiger partial charge in [-0.3, -0.25) is 15.0 Å². The van der Waals surface area contributed by atoms with Gasteiger partial charge in [-0.25, -0.2) is 8.42 Å². The lowest BCUT2D eigenvalue weighted by Gasteiger charge is -2.32. The standard InChI is InChI=1S/C14H20N2O4S/c1-12(15-9-5-2-6-10-15)11-21(19,20)14-8-4-3-7-13(14)16(17)18/h3-4,7-8,12H,2,5-6,9-11H2,1H3/t12-/m1/s1. The fraction of sp³-hybridized carbons (Fsp3) is 0.571. The molecule has 1 aliphatic rings. The van der Waals surface area contributed by atoms with Gasteiger partial charge in [-0.15, -0.1) is 0 Å². The number of benzene rings is 1. The first-order chi connectivity index (χ1) is 9.92. The summed E-state index contributed by atoms with van der Waals surface area (Å²) >= 11 is 0. The van der Waals surface area contributed by atoms with Crippen LogP contribution in [0, 0.1) is 10.1 Å². The highest BCUT2D eigenvalue weighted by molar-refractivity contribution is 7.91. The van der Waals surface area contributed by atoms with Crippen LogP contribution in [0.15, 0.2) is 29.2 Å². The Kier molecular flexibility index (Phi) is 4.95. The van der Waals surface area contributed by atoms with Crippen LogP contribution in [0.1, 0.15) is 26.2 Å². The van der Waals surface area contributed by atoms with Gasteiger partial charge >= 0.3 is 0 Å². The number of sulfone groups is 1. The van der Waals surface area contributed by atoms with Crippen molar-refractivity contribution in [3.05, 3.63) is 34.4 Å². The molecule has 0 aromatic heterocycles. The molecule has 2 rings (SSSR count). The fourth-order valence-corrected chi connectivity index (χ4v) is 4.52. The Labute approximate surface area is 124 Å². The van der Waals surface area contributed by atoms with Crippen molar-refractivity contribution in [1.82, 2.24) is 4.90 Å². The molecule has 0 saturated carbocycles. The number of nitrogens with zero attached hydrogens (tertiary/aromatic N) is 2. The average molecular weight is 312 g/mol. The van der Waals surface area contributed by atoms with Gasteiger partial charge in [0.25, 0.3) is 5.69 Å². The second-order valence-corrected chi connectivity index (χ2v) is 7.45. The molecule has 0 amide bonds. The number of nitro groups is 1. The van der Waals surface area contributed by atoms with Crippen LogP contribution in [0.4, 0.5) is 5.69 Å². The van der Waals surface area contributed by atoms with Crippen LogP contribution in [-0.2, 0) is 9.84 Å². The molecule has 1 heterocycles. The van der Waals surface area contributed by atoms with E-state index < -0.39 is 14.8 Å². The minimum Gasteiger partial charge on any atom is -0.300 e. The molecule has 1 saturated heterocycles. The van der Waals surface area contributed by atoms with Gasteiger partial charge < -0.3 is 0 Å². The Morgan fingerprint density at radius 3 is 2.48 bits per heavy atom. The summed E-state index contributed by atoms with van der Waals surface area (Å²) in [6, 6.07) is 5.42. The maximum Gasteiger partial charge on any atom is 0.287 e. The molecular weight excluding hydrogens is 292 g/mol. The highest BCUT2D eigenvalue weighted by Gasteiger charge is 2.29. The van der Waals surface area contributed by atoms with Crippen LogP contribution in [0.2, 0.25) is 0 Å². The number of piperidine rings is 1. The van der Waals surface area contributed by atoms with Crippen LogP contribution in [0.25, 0.3) is 0 Å². The first-order valence-electron chi connectivity index (χ1n) is 7.12. The minimum absolute atomic E-state index is 0.0855. The molecular formula is C14H20N2O4S. The molecule has 1 aromatic rings. The highest BCUT2D eigenvalue weighted by Crippen LogP contribution is 2.25. The van der Waals surface area contributed by atoms with Gasteiger partial charge in [0.1, 0.15) is 4.90 Å². The Balaban J connectivity index is 2.20. The van der Waals surface area contributed by atoms with E-state index in [0.717, 1.165) is 25.9 Å². The first-order valence-corrected chi connectivity index (χ1v) is 8.77. The molecule has 7 heteroatoms. The van der Waals surface area contributed by atoms with Crippen LogP contribution in [-0.4, -0.2) is 43.1 Å². The van der Waals surface area contributed by atoms with Crippen molar-refractivity contribution < 1.29 is 13.3 Å². The molecule has 21 heavy (non-hydrogen) atoms. The van der Waals surface area contributed by atoms with Crippen LogP contribution < -0.4 is 0 Å². The topological polar surface area (TPSA) is 80.5 Å². The SMILES string of the molecule is C[C@H](CS(=O)(=O)c1ccccc1[N+](=O)[O-])N1CCCCC1. The van der Waals surface area contributed by atoms with E-state index in [9.17, 15) is 18.5 Å². The summed E-state index contributed by atoms with van der Waals surface area (Å²) in [6.45, 7) is 3.67. The van der Waals surface area contributed by atoms with Gasteiger partial charge in [-0.05, 0) is 38.9 Å². The Bertz CT molecular complexity index is 609. The van der Waals surface area contributed by atoms with Gasteiger partial charge in [-0.1, -0.05) is 18.6 Å². The first kappa shape index (κ1) is 15.9. The van der Waals surface area contributed by atoms with E-state index >= 15 is 0 Å². The number of hydrogen-bond donors (Lipinski definition) is 0. The average Bonchev–Trinajstić information content (AvgIpc) is 2.47. The number of likely N-dealkylation sites (tertiary alicyclic amines) is 1. The lowest BCUT2D eigenvalue weighted by Crippen LogP contribution is -2.41. The van der Waals surface area contributed by atoms with Crippen molar-refractivity contribution in [3.63, 3.8) is 0 Å². The van der Waals surface area contributed by atoms with Crippen molar-refractivity contribution in [1.29, 1.82) is 0 Å². The lowest BCUT2D eigenvalue weighted by atomic mass is 10.1. The quantitative estimate of drug-likeness (QED) is 0.615. The van der Waals surface area contributed by atoms with Gasteiger partial charge in [0, 0.05) is 12.1 Å². The molecule has 1 aromatic carbocycles. The summed E-state index contributed by atoms with van der Waals surface area (Å²) in [5.41, 5.74) is -0.344. The van der Waals surface area contributed by atoms with E-state index in [0.29, 0.717) is 0 Å². The van der Waals surface area contributed by atoms with Gasteiger partial charge in [0.15, 0.2) is 9.84 Å². The van der Waals surface area contributed by atoms with Crippen LogP contribution in [0.5, 0.6) is 0 Å². The molecule has 0 spiro atoms. The fourth-order valence-electron chi connectivity index (χ4n) is 2.74. The summed E-state index contributed by atoms with van der Waals surface area (Å²) in [4.78, 5) is 12.3. The largest absolute Gasteiger partial charge is 0.300 e. The summed E-state index contributed by atoms with van der Waals surface area (Å²) in [5.74, 6) is -0.0855. The Morgan fingerprint density at radius 2 is 1.86 bits per heavy atom. The third-order valence-electron chi connectivity index (χ3n) is 3.87. The summed E-state index contributed by atoms with van der Waals surface area (Å²) in [6.07, 6.45) is 3.34. The van der Waals surface area contributed by atoms with E-state index in [-0.39, 0.29) is 22.4 Å². The molecule has 0 unspecified atom stereocenters. The molecule has 1 fully saturated rings. The molecule has 0 bridgehead atoms. The monoisotopic (exact) mass is 312 g/mol. The van der Waals surface area contributed by atoms with E-state index in [4.69, 9.17) is 0 Å². The smallest absolute Gasteiger partial charge is 0.287 e. The molecule has 116 valence electrons. The molecule has 0 N–H and O–H groups in total. The number of hydrogen-bond acceptors (Lipinski definition) is 5. The van der Waals surface area contributed by atoms with Crippen molar-refractivity contribution >= 4 is 15.5 Å².